The zero-order chi connectivity index (χ0) is 19.3. The van der Waals surface area contributed by atoms with Crippen LogP contribution in [0.1, 0.15) is 28.5 Å². The molecule has 0 saturated heterocycles. The van der Waals surface area contributed by atoms with Gasteiger partial charge in [-0.2, -0.15) is 14.0 Å². The standard InChI is InChI=1S/C18H16F2N2O3S/c1-4-24-17(23)14-10(2)22-16(26-3)12(9-21)15(14)11-7-5-6-8-13(11)25-18(19)20/h5-8,18H,4H2,1-3H3. The summed E-state index contributed by atoms with van der Waals surface area (Å²) in [7, 11) is 0. The second-order valence-corrected chi connectivity index (χ2v) is 5.83. The predicted octanol–water partition coefficient (Wildman–Crippen LogP) is 4.43. The Hall–Kier alpha value is -2.66. The number of nitriles is 1. The fourth-order valence-electron chi connectivity index (χ4n) is 2.52. The molecule has 26 heavy (non-hydrogen) atoms. The molecule has 0 aliphatic rings. The number of nitrogens with zero attached hydrogens (tertiary/aromatic N) is 2. The molecule has 0 atom stereocenters. The van der Waals surface area contributed by atoms with E-state index in [1.165, 1.54) is 30.0 Å². The molecular formula is C18H16F2N2O3S. The van der Waals surface area contributed by atoms with Crippen molar-refractivity contribution in [3.05, 3.63) is 41.1 Å². The number of para-hydroxylation sites is 1. The minimum atomic E-state index is -3.05. The molecule has 0 amide bonds. The quantitative estimate of drug-likeness (QED) is 0.547. The number of hydrogen-bond acceptors (Lipinski definition) is 6. The first-order valence-electron chi connectivity index (χ1n) is 7.64. The molecule has 2 aromatic rings. The molecule has 0 bridgehead atoms. The van der Waals surface area contributed by atoms with E-state index in [9.17, 15) is 18.8 Å². The normalized spacial score (nSPS) is 10.5. The fraction of sp³-hybridized carbons (Fsp3) is 0.278. The largest absolute Gasteiger partial charge is 0.462 e. The molecule has 0 aliphatic heterocycles. The van der Waals surface area contributed by atoms with Crippen LogP contribution < -0.4 is 4.74 Å². The number of ether oxygens (including phenoxy) is 2. The maximum absolute atomic E-state index is 12.8. The van der Waals surface area contributed by atoms with Crippen molar-refractivity contribution in [2.45, 2.75) is 25.5 Å². The van der Waals surface area contributed by atoms with Gasteiger partial charge < -0.3 is 9.47 Å². The Labute approximate surface area is 153 Å². The Morgan fingerprint density at radius 1 is 1.38 bits per heavy atom. The first-order chi connectivity index (χ1) is 12.4. The second-order valence-electron chi connectivity index (χ2n) is 5.04. The van der Waals surface area contributed by atoms with Crippen molar-refractivity contribution in [1.82, 2.24) is 4.98 Å². The summed E-state index contributed by atoms with van der Waals surface area (Å²) in [4.78, 5) is 16.8. The highest BCUT2D eigenvalue weighted by molar-refractivity contribution is 7.98. The van der Waals surface area contributed by atoms with Crippen LogP contribution in [0.4, 0.5) is 8.78 Å². The third kappa shape index (κ3) is 3.94. The highest BCUT2D eigenvalue weighted by atomic mass is 32.2. The molecule has 5 nitrogen and oxygen atoms in total. The smallest absolute Gasteiger partial charge is 0.387 e. The average Bonchev–Trinajstić information content (AvgIpc) is 2.60. The van der Waals surface area contributed by atoms with Gasteiger partial charge in [0.25, 0.3) is 0 Å². The zero-order valence-corrected chi connectivity index (χ0v) is 15.2. The van der Waals surface area contributed by atoms with Crippen LogP contribution in [0.15, 0.2) is 29.3 Å². The maximum atomic E-state index is 12.8. The van der Waals surface area contributed by atoms with Gasteiger partial charge >= 0.3 is 12.6 Å². The Bertz CT molecular complexity index is 866. The third-order valence-electron chi connectivity index (χ3n) is 3.50. The van der Waals surface area contributed by atoms with Gasteiger partial charge in [-0.1, -0.05) is 18.2 Å². The van der Waals surface area contributed by atoms with Gasteiger partial charge in [-0.3, -0.25) is 0 Å². The van der Waals surface area contributed by atoms with Crippen molar-refractivity contribution in [2.24, 2.45) is 0 Å². The molecular weight excluding hydrogens is 362 g/mol. The van der Waals surface area contributed by atoms with E-state index in [0.29, 0.717) is 10.7 Å². The van der Waals surface area contributed by atoms with E-state index in [0.717, 1.165) is 0 Å². The highest BCUT2D eigenvalue weighted by Gasteiger charge is 2.27. The summed E-state index contributed by atoms with van der Waals surface area (Å²) in [6.45, 7) is 0.331. The van der Waals surface area contributed by atoms with Crippen LogP contribution in [-0.4, -0.2) is 30.4 Å². The SMILES string of the molecule is CCOC(=O)c1c(C)nc(SC)c(C#N)c1-c1ccccc1OC(F)F. The number of aryl methyl sites for hydroxylation is 1. The van der Waals surface area contributed by atoms with E-state index in [2.05, 4.69) is 9.72 Å². The summed E-state index contributed by atoms with van der Waals surface area (Å²) < 4.78 is 35.3. The van der Waals surface area contributed by atoms with Crippen molar-refractivity contribution in [1.29, 1.82) is 5.26 Å². The molecule has 1 heterocycles. The molecule has 2 rings (SSSR count). The molecule has 0 radical (unpaired) electrons. The van der Waals surface area contributed by atoms with Gasteiger partial charge in [0.15, 0.2) is 0 Å². The Kier molecular flexibility index (Phi) is 6.52. The lowest BCUT2D eigenvalue weighted by atomic mass is 9.94. The van der Waals surface area contributed by atoms with Crippen LogP contribution in [0.25, 0.3) is 11.1 Å². The maximum Gasteiger partial charge on any atom is 0.387 e. The number of carbonyl (C=O) groups is 1. The summed E-state index contributed by atoms with van der Waals surface area (Å²) in [6.07, 6.45) is 1.73. The summed E-state index contributed by atoms with van der Waals surface area (Å²) in [5.41, 5.74) is 0.892. The molecule has 1 aromatic heterocycles. The molecule has 0 N–H and O–H groups in total. The number of rotatable bonds is 6. The summed E-state index contributed by atoms with van der Waals surface area (Å²) in [5, 5.41) is 10.0. The summed E-state index contributed by atoms with van der Waals surface area (Å²) >= 11 is 1.22. The molecule has 1 aromatic carbocycles. The zero-order valence-electron chi connectivity index (χ0n) is 14.4. The molecule has 136 valence electrons. The number of pyridine rings is 1. The van der Waals surface area contributed by atoms with E-state index in [1.54, 1.807) is 26.2 Å². The number of benzene rings is 1. The number of esters is 1. The molecule has 0 saturated carbocycles. The Morgan fingerprint density at radius 3 is 2.65 bits per heavy atom. The molecule has 0 unspecified atom stereocenters. The van der Waals surface area contributed by atoms with Crippen molar-refractivity contribution in [3.63, 3.8) is 0 Å². The van der Waals surface area contributed by atoms with Crippen LogP contribution in [0.3, 0.4) is 0 Å². The lowest BCUT2D eigenvalue weighted by Crippen LogP contribution is -2.13. The van der Waals surface area contributed by atoms with Crippen LogP contribution >= 0.6 is 11.8 Å². The van der Waals surface area contributed by atoms with Crippen molar-refractivity contribution in [2.75, 3.05) is 12.9 Å². The molecule has 0 fully saturated rings. The van der Waals surface area contributed by atoms with Crippen LogP contribution in [0.5, 0.6) is 5.75 Å². The monoisotopic (exact) mass is 378 g/mol. The van der Waals surface area contributed by atoms with Gasteiger partial charge in [-0.25, -0.2) is 9.78 Å². The topological polar surface area (TPSA) is 72.2 Å². The average molecular weight is 378 g/mol. The predicted molar refractivity (Wildman–Crippen MR) is 93.5 cm³/mol. The van der Waals surface area contributed by atoms with Crippen molar-refractivity contribution >= 4 is 17.7 Å². The van der Waals surface area contributed by atoms with Crippen LogP contribution in [0.2, 0.25) is 0 Å². The van der Waals surface area contributed by atoms with Gasteiger partial charge in [-0.15, -0.1) is 11.8 Å². The number of hydrogen-bond donors (Lipinski definition) is 0. The van der Waals surface area contributed by atoms with E-state index in [4.69, 9.17) is 4.74 Å². The molecule has 8 heteroatoms. The van der Waals surface area contributed by atoms with Crippen LogP contribution in [0, 0.1) is 18.3 Å². The third-order valence-corrected chi connectivity index (χ3v) is 4.18. The lowest BCUT2D eigenvalue weighted by molar-refractivity contribution is -0.0494. The minimum absolute atomic E-state index is 0.0616. The van der Waals surface area contributed by atoms with E-state index in [-0.39, 0.29) is 34.6 Å². The minimum Gasteiger partial charge on any atom is -0.462 e. The Balaban J connectivity index is 2.88. The van der Waals surface area contributed by atoms with Gasteiger partial charge in [0.1, 0.15) is 16.8 Å². The first kappa shape index (κ1) is 19.7. The second kappa shape index (κ2) is 8.63. The van der Waals surface area contributed by atoms with Crippen LogP contribution in [-0.2, 0) is 4.74 Å². The number of halogens is 2. The number of aromatic nitrogens is 1. The molecule has 0 spiro atoms. The van der Waals surface area contributed by atoms with Gasteiger partial charge in [0, 0.05) is 11.1 Å². The number of thioether (sulfide) groups is 1. The van der Waals surface area contributed by atoms with E-state index >= 15 is 0 Å². The summed E-state index contributed by atoms with van der Waals surface area (Å²) in [6, 6.07) is 8.03. The van der Waals surface area contributed by atoms with Gasteiger partial charge in [-0.05, 0) is 26.2 Å². The van der Waals surface area contributed by atoms with E-state index < -0.39 is 12.6 Å². The number of carbonyl (C=O) groups excluding carboxylic acids is 1. The fourth-order valence-corrected chi connectivity index (χ4v) is 3.10. The first-order valence-corrected chi connectivity index (χ1v) is 8.87. The molecule has 0 aliphatic carbocycles. The van der Waals surface area contributed by atoms with E-state index in [1.807, 2.05) is 6.07 Å². The van der Waals surface area contributed by atoms with Crippen molar-refractivity contribution in [3.8, 4) is 22.9 Å². The van der Waals surface area contributed by atoms with Crippen molar-refractivity contribution < 1.29 is 23.0 Å². The van der Waals surface area contributed by atoms with Gasteiger partial charge in [0.05, 0.1) is 23.4 Å². The summed E-state index contributed by atoms with van der Waals surface area (Å²) in [5.74, 6) is -0.814. The highest BCUT2D eigenvalue weighted by Crippen LogP contribution is 2.39. The van der Waals surface area contributed by atoms with Gasteiger partial charge in [0.2, 0.25) is 0 Å². The Morgan fingerprint density at radius 2 is 2.08 bits per heavy atom. The lowest BCUT2D eigenvalue weighted by Gasteiger charge is -2.18. The number of alkyl halides is 2.